The lowest BCUT2D eigenvalue weighted by molar-refractivity contribution is -0.151. The fourth-order valence-corrected chi connectivity index (χ4v) is 14.3. The number of para-hydroxylation sites is 1. The molecule has 0 bridgehead atoms. The van der Waals surface area contributed by atoms with E-state index in [1.807, 2.05) is 84.9 Å². The number of nitrogens with zero attached hydrogens (tertiary/aromatic N) is 3. The molecule has 0 unspecified atom stereocenters. The summed E-state index contributed by atoms with van der Waals surface area (Å²) in [5.74, 6) is 0.105. The van der Waals surface area contributed by atoms with E-state index in [2.05, 4.69) is 43.3 Å². The summed E-state index contributed by atoms with van der Waals surface area (Å²) in [6, 6.07) is 36.4. The van der Waals surface area contributed by atoms with Crippen LogP contribution in [0.1, 0.15) is 35.6 Å². The zero-order chi connectivity index (χ0) is 41.2. The topological polar surface area (TPSA) is 117 Å². The minimum absolute atomic E-state index is 0.0553. The highest BCUT2D eigenvalue weighted by atomic mass is 35.5. The van der Waals surface area contributed by atoms with Crippen molar-refractivity contribution in [3.05, 3.63) is 153 Å². The molecule has 4 heterocycles. The van der Waals surface area contributed by atoms with E-state index in [0.717, 1.165) is 33.1 Å². The number of aliphatic hydroxyl groups is 1. The summed E-state index contributed by atoms with van der Waals surface area (Å²) in [7, 11) is -0.906. The maximum absolute atomic E-state index is 15.4. The molecule has 3 aliphatic rings. The number of H-pyrrole nitrogens is 1. The Bertz CT molecular complexity index is 2640. The predicted octanol–water partition coefficient (Wildman–Crippen LogP) is 7.08. The van der Waals surface area contributed by atoms with Crippen molar-refractivity contribution in [3.8, 4) is 11.4 Å². The molecule has 6 aromatic rings. The number of halogens is 1. The summed E-state index contributed by atoms with van der Waals surface area (Å²) in [5, 5.41) is 16.0. The van der Waals surface area contributed by atoms with Crippen LogP contribution >= 0.6 is 11.6 Å². The first-order chi connectivity index (χ1) is 28.4. The van der Waals surface area contributed by atoms with Gasteiger partial charge in [-0.2, -0.15) is 0 Å². The summed E-state index contributed by atoms with van der Waals surface area (Å²) >= 11 is 6.75. The van der Waals surface area contributed by atoms with Crippen molar-refractivity contribution in [2.75, 3.05) is 18.6 Å². The number of carbonyl (C=O) groups excluding carboxylic acids is 2. The van der Waals surface area contributed by atoms with Crippen LogP contribution < -0.4 is 20.4 Å². The highest BCUT2D eigenvalue weighted by Crippen LogP contribution is 2.60. The quantitative estimate of drug-likeness (QED) is 0.151. The number of ether oxygens (including phenoxy) is 2. The van der Waals surface area contributed by atoms with Gasteiger partial charge in [-0.05, 0) is 83.2 Å². The molecule has 2 N–H and O–H groups in total. The molecule has 9 rings (SSSR count). The molecule has 1 aromatic heterocycles. The van der Waals surface area contributed by atoms with Gasteiger partial charge in [0.1, 0.15) is 5.75 Å². The van der Waals surface area contributed by atoms with Gasteiger partial charge in [0, 0.05) is 23.0 Å². The predicted molar refractivity (Wildman–Crippen MR) is 232 cm³/mol. The smallest absolute Gasteiger partial charge is 0.279 e. The van der Waals surface area contributed by atoms with Crippen LogP contribution in [0.4, 0.5) is 5.69 Å². The molecule has 0 aliphatic carbocycles. The van der Waals surface area contributed by atoms with Crippen LogP contribution in [-0.4, -0.2) is 65.5 Å². The van der Waals surface area contributed by atoms with Crippen molar-refractivity contribution in [1.82, 2.24) is 14.7 Å². The Morgan fingerprint density at radius 2 is 1.66 bits per heavy atom. The number of carbonyl (C=O) groups is 2. The van der Waals surface area contributed by atoms with E-state index in [4.69, 9.17) is 21.1 Å². The largest absolute Gasteiger partial charge is 0.497 e. The fraction of sp³-hybridized carbons (Fsp3) is 0.298. The lowest BCUT2D eigenvalue weighted by atomic mass is 9.82. The van der Waals surface area contributed by atoms with Crippen molar-refractivity contribution < 1.29 is 24.2 Å². The first-order valence-corrected chi connectivity index (χ1v) is 23.6. The van der Waals surface area contributed by atoms with Gasteiger partial charge in [0.05, 0.1) is 69.2 Å². The van der Waals surface area contributed by atoms with Gasteiger partial charge in [-0.1, -0.05) is 97.5 Å². The lowest BCUT2D eigenvalue weighted by Gasteiger charge is -2.39. The number of methoxy groups -OCH3 is 1. The fourth-order valence-electron chi connectivity index (χ4n) is 10.1. The molecule has 1 fully saturated rings. The molecule has 1 spiro atoms. The van der Waals surface area contributed by atoms with Crippen molar-refractivity contribution in [1.29, 1.82) is 0 Å². The van der Waals surface area contributed by atoms with E-state index in [0.29, 0.717) is 40.3 Å². The molecule has 10 nitrogen and oxygen atoms in total. The third kappa shape index (κ3) is 6.42. The van der Waals surface area contributed by atoms with Crippen molar-refractivity contribution in [3.63, 3.8) is 0 Å². The third-order valence-electron chi connectivity index (χ3n) is 13.2. The zero-order valence-corrected chi connectivity index (χ0v) is 35.3. The van der Waals surface area contributed by atoms with E-state index < -0.39 is 19.8 Å². The molecule has 0 radical (unpaired) electrons. The number of anilines is 1. The minimum atomic E-state index is -2.55. The number of hydrogen-bond acceptors (Lipinski definition) is 6. The summed E-state index contributed by atoms with van der Waals surface area (Å²) in [6.07, 6.45) is 0.0145. The first kappa shape index (κ1) is 39.0. The first-order valence-electron chi connectivity index (χ1n) is 20.1. The number of fused-ring (bicyclic) bond motifs is 4. The molecule has 12 heteroatoms. The maximum atomic E-state index is 15.4. The number of benzene rings is 5. The lowest BCUT2D eigenvalue weighted by Crippen LogP contribution is -2.52. The van der Waals surface area contributed by atoms with Gasteiger partial charge in [0.15, 0.2) is 5.60 Å². The van der Waals surface area contributed by atoms with Crippen molar-refractivity contribution in [2.24, 2.45) is 5.92 Å². The summed E-state index contributed by atoms with van der Waals surface area (Å²) in [4.78, 5) is 46.7. The second-order valence-corrected chi connectivity index (χ2v) is 21.8. The summed E-state index contributed by atoms with van der Waals surface area (Å²) in [6.45, 7) is 7.18. The Balaban J connectivity index is 1.08. The Kier molecular flexibility index (Phi) is 9.90. The second-order valence-electron chi connectivity index (χ2n) is 16.7. The van der Waals surface area contributed by atoms with E-state index >= 15 is 4.79 Å². The Labute approximate surface area is 348 Å². The molecule has 59 heavy (non-hydrogen) atoms. The molecular formula is C47H47ClN4O6Si. The SMILES string of the molecule is COc1ccc([Si](C)(C)[C@H]2[C@H](CC(=O)N3Cc4ccccc4C[C@H]3CO)O[C@@]3(C(=O)N(Cc4ccc(-n5[nH]c6ccccc6c5=O)cc4)c4ccc(Cl)cc43)[C@@H]2C)cc1. The number of rotatable bonds is 9. The highest BCUT2D eigenvalue weighted by Gasteiger charge is 2.66. The number of aromatic nitrogens is 2. The molecule has 0 saturated carbocycles. The van der Waals surface area contributed by atoms with Crippen LogP contribution in [0.2, 0.25) is 23.7 Å². The third-order valence-corrected chi connectivity index (χ3v) is 17.8. The Hall–Kier alpha value is -5.46. The number of aliphatic hydroxyl groups excluding tert-OH is 1. The number of hydrogen-bond donors (Lipinski definition) is 2. The number of nitrogens with one attached hydrogen (secondary N) is 1. The number of aromatic amines is 1. The molecule has 3 aliphatic heterocycles. The van der Waals surface area contributed by atoms with Gasteiger partial charge < -0.3 is 24.4 Å². The van der Waals surface area contributed by atoms with Crippen LogP contribution in [0.25, 0.3) is 16.6 Å². The molecule has 2 amide bonds. The molecule has 302 valence electrons. The monoisotopic (exact) mass is 826 g/mol. The van der Waals surface area contributed by atoms with E-state index in [9.17, 15) is 14.7 Å². The summed E-state index contributed by atoms with van der Waals surface area (Å²) in [5.41, 5.74) is 4.20. The molecular weight excluding hydrogens is 780 g/mol. The van der Waals surface area contributed by atoms with E-state index in [1.165, 1.54) is 4.68 Å². The second kappa shape index (κ2) is 15.0. The van der Waals surface area contributed by atoms with Crippen LogP contribution in [-0.2, 0) is 39.4 Å². The molecule has 5 aromatic carbocycles. The van der Waals surface area contributed by atoms with Crippen LogP contribution in [0.3, 0.4) is 0 Å². The molecule has 5 atom stereocenters. The standard InChI is InChI=1S/C47H47ClN4O6Si/c1-29-44(59(3,4)37-20-18-36(57-2)19-21-37)42(25-43(54)50-27-32-10-6-5-9-31(32)23-35(50)28-53)58-47(29)39-24-33(48)15-22-41(39)51(46(47)56)26-30-13-16-34(17-14-30)52-45(55)38-11-7-8-12-40(38)49-52/h5-22,24,29,35,42,44,49,53H,23,25-28H2,1-4H3/t29-,35+,42+,44-,47+/m1/s1. The van der Waals surface area contributed by atoms with Gasteiger partial charge in [-0.25, -0.2) is 4.68 Å². The van der Waals surface area contributed by atoms with Gasteiger partial charge in [0.2, 0.25) is 5.91 Å². The normalized spacial score (nSPS) is 22.6. The summed E-state index contributed by atoms with van der Waals surface area (Å²) < 4.78 is 14.3. The van der Waals surface area contributed by atoms with Crippen LogP contribution in [0, 0.1) is 5.92 Å². The van der Waals surface area contributed by atoms with Gasteiger partial charge in [-0.3, -0.25) is 19.5 Å². The Morgan fingerprint density at radius 1 is 0.949 bits per heavy atom. The zero-order valence-electron chi connectivity index (χ0n) is 33.5. The molecule has 1 saturated heterocycles. The van der Waals surface area contributed by atoms with Gasteiger partial charge in [-0.15, -0.1) is 0 Å². The maximum Gasteiger partial charge on any atom is 0.279 e. The number of amides is 2. The highest BCUT2D eigenvalue weighted by molar-refractivity contribution is 6.91. The average molecular weight is 827 g/mol. The Morgan fingerprint density at radius 3 is 2.37 bits per heavy atom. The van der Waals surface area contributed by atoms with E-state index in [-0.39, 0.29) is 54.4 Å². The van der Waals surface area contributed by atoms with Gasteiger partial charge in [0.25, 0.3) is 11.5 Å². The van der Waals surface area contributed by atoms with Crippen LogP contribution in [0.15, 0.2) is 120 Å². The van der Waals surface area contributed by atoms with E-state index in [1.54, 1.807) is 29.0 Å². The van der Waals surface area contributed by atoms with Gasteiger partial charge >= 0.3 is 0 Å². The van der Waals surface area contributed by atoms with Crippen molar-refractivity contribution >= 4 is 53.3 Å². The minimum Gasteiger partial charge on any atom is -0.497 e. The van der Waals surface area contributed by atoms with Crippen molar-refractivity contribution in [2.45, 2.75) is 69.2 Å². The van der Waals surface area contributed by atoms with Crippen LogP contribution in [0.5, 0.6) is 5.75 Å². The average Bonchev–Trinajstić information content (AvgIpc) is 3.83.